The molecule has 0 saturated carbocycles. The highest BCUT2D eigenvalue weighted by Gasteiger charge is 2.07. The summed E-state index contributed by atoms with van der Waals surface area (Å²) >= 11 is 1.59. The van der Waals surface area contributed by atoms with Crippen LogP contribution in [0.5, 0.6) is 0 Å². The first-order chi connectivity index (χ1) is 8.74. The number of carboxylic acids is 1. The molecule has 0 atom stereocenters. The molecule has 0 saturated heterocycles. The first-order valence-corrected chi connectivity index (χ1v) is 6.01. The molecule has 3 aromatic heterocycles. The molecule has 0 fully saturated rings. The Balaban J connectivity index is 2.05. The molecular formula is C12H7N3O2S. The van der Waals surface area contributed by atoms with Gasteiger partial charge in [0.25, 0.3) is 0 Å². The number of thiophene rings is 1. The van der Waals surface area contributed by atoms with Crippen LogP contribution in [-0.4, -0.2) is 26.0 Å². The predicted octanol–water partition coefficient (Wildman–Crippen LogP) is 2.45. The van der Waals surface area contributed by atoms with Gasteiger partial charge in [0.1, 0.15) is 0 Å². The smallest absolute Gasteiger partial charge is 0.338 e. The minimum absolute atomic E-state index is 0.0731. The maximum absolute atomic E-state index is 10.7. The highest BCUT2D eigenvalue weighted by atomic mass is 32.1. The summed E-state index contributed by atoms with van der Waals surface area (Å²) in [5.74, 6) is -0.559. The molecule has 0 amide bonds. The van der Waals surface area contributed by atoms with Crippen LogP contribution in [0.3, 0.4) is 0 Å². The predicted molar refractivity (Wildman–Crippen MR) is 67.6 cm³/mol. The zero-order valence-electron chi connectivity index (χ0n) is 9.07. The average Bonchev–Trinajstić information content (AvgIpc) is 2.86. The zero-order chi connectivity index (χ0) is 12.5. The minimum Gasteiger partial charge on any atom is -0.478 e. The molecule has 0 aliphatic carbocycles. The van der Waals surface area contributed by atoms with E-state index in [0.29, 0.717) is 5.82 Å². The summed E-state index contributed by atoms with van der Waals surface area (Å²) in [7, 11) is 0. The van der Waals surface area contributed by atoms with E-state index in [-0.39, 0.29) is 5.56 Å². The summed E-state index contributed by atoms with van der Waals surface area (Å²) < 4.78 is 1.05. The summed E-state index contributed by atoms with van der Waals surface area (Å²) in [5, 5.41) is 10.7. The number of rotatable bonds is 2. The molecule has 88 valence electrons. The van der Waals surface area contributed by atoms with Gasteiger partial charge in [-0.3, -0.25) is 4.98 Å². The summed E-state index contributed by atoms with van der Waals surface area (Å²) in [6.07, 6.45) is 4.28. The molecule has 6 heteroatoms. The third-order valence-electron chi connectivity index (χ3n) is 2.46. The van der Waals surface area contributed by atoms with Gasteiger partial charge >= 0.3 is 5.97 Å². The normalized spacial score (nSPS) is 10.7. The van der Waals surface area contributed by atoms with E-state index in [1.165, 1.54) is 12.4 Å². The fourth-order valence-corrected chi connectivity index (χ4v) is 2.34. The van der Waals surface area contributed by atoms with E-state index < -0.39 is 5.97 Å². The van der Waals surface area contributed by atoms with Gasteiger partial charge in [-0.15, -0.1) is 11.3 Å². The third-order valence-corrected chi connectivity index (χ3v) is 3.31. The van der Waals surface area contributed by atoms with E-state index >= 15 is 0 Å². The maximum atomic E-state index is 10.7. The van der Waals surface area contributed by atoms with Crippen molar-refractivity contribution in [3.8, 4) is 11.4 Å². The lowest BCUT2D eigenvalue weighted by Crippen LogP contribution is -1.99. The number of hydrogen-bond donors (Lipinski definition) is 1. The van der Waals surface area contributed by atoms with Crippen LogP contribution in [0, 0.1) is 0 Å². The Morgan fingerprint density at radius 2 is 1.94 bits per heavy atom. The Hall–Kier alpha value is -2.34. The second kappa shape index (κ2) is 4.15. The standard InChI is InChI=1S/C12H7N3O2S/c16-12(17)8-5-14-11(15-6-8)7-3-10-9(13-4-7)1-2-18-10/h1-6H,(H,16,17). The summed E-state index contributed by atoms with van der Waals surface area (Å²) in [6, 6.07) is 3.89. The molecule has 0 spiro atoms. The summed E-state index contributed by atoms with van der Waals surface area (Å²) in [6.45, 7) is 0. The molecule has 0 aliphatic heterocycles. The fourth-order valence-electron chi connectivity index (χ4n) is 1.56. The van der Waals surface area contributed by atoms with Gasteiger partial charge in [-0.05, 0) is 17.5 Å². The van der Waals surface area contributed by atoms with Crippen molar-refractivity contribution in [3.63, 3.8) is 0 Å². The van der Waals surface area contributed by atoms with Crippen LogP contribution < -0.4 is 0 Å². The SMILES string of the molecule is O=C(O)c1cnc(-c2cnc3ccsc3c2)nc1. The number of nitrogens with zero attached hydrogens (tertiary/aromatic N) is 3. The topological polar surface area (TPSA) is 76.0 Å². The summed E-state index contributed by atoms with van der Waals surface area (Å²) in [4.78, 5) is 23.1. The Kier molecular flexibility index (Phi) is 2.49. The van der Waals surface area contributed by atoms with E-state index in [4.69, 9.17) is 5.11 Å². The Labute approximate surface area is 106 Å². The van der Waals surface area contributed by atoms with Gasteiger partial charge in [0.2, 0.25) is 0 Å². The molecule has 18 heavy (non-hydrogen) atoms. The Morgan fingerprint density at radius 3 is 2.67 bits per heavy atom. The molecular weight excluding hydrogens is 250 g/mol. The number of hydrogen-bond acceptors (Lipinski definition) is 5. The molecule has 3 heterocycles. The fraction of sp³-hybridized carbons (Fsp3) is 0. The molecule has 3 rings (SSSR count). The van der Waals surface area contributed by atoms with Crippen molar-refractivity contribution in [2.24, 2.45) is 0 Å². The van der Waals surface area contributed by atoms with Crippen molar-refractivity contribution in [2.75, 3.05) is 0 Å². The van der Waals surface area contributed by atoms with Crippen LogP contribution in [0.25, 0.3) is 21.6 Å². The number of aromatic nitrogens is 3. The van der Waals surface area contributed by atoms with Crippen LogP contribution in [-0.2, 0) is 0 Å². The number of carboxylic acid groups (broad SMARTS) is 1. The van der Waals surface area contributed by atoms with Gasteiger partial charge in [0, 0.05) is 24.2 Å². The molecule has 1 N–H and O–H groups in total. The van der Waals surface area contributed by atoms with Crippen molar-refractivity contribution in [1.82, 2.24) is 15.0 Å². The van der Waals surface area contributed by atoms with Gasteiger partial charge < -0.3 is 5.11 Å². The van der Waals surface area contributed by atoms with E-state index in [9.17, 15) is 4.79 Å². The molecule has 0 unspecified atom stereocenters. The lowest BCUT2D eigenvalue weighted by Gasteiger charge is -2.00. The van der Waals surface area contributed by atoms with Gasteiger partial charge in [0.15, 0.2) is 5.82 Å². The molecule has 0 bridgehead atoms. The van der Waals surface area contributed by atoms with Crippen LogP contribution in [0.15, 0.2) is 36.1 Å². The van der Waals surface area contributed by atoms with Gasteiger partial charge in [0.05, 0.1) is 15.8 Å². The van der Waals surface area contributed by atoms with Crippen LogP contribution in [0.4, 0.5) is 0 Å². The highest BCUT2D eigenvalue weighted by Crippen LogP contribution is 2.23. The van der Waals surface area contributed by atoms with E-state index in [0.717, 1.165) is 15.8 Å². The Morgan fingerprint density at radius 1 is 1.17 bits per heavy atom. The Bertz CT molecular complexity index is 722. The average molecular weight is 257 g/mol. The first-order valence-electron chi connectivity index (χ1n) is 5.13. The molecule has 0 radical (unpaired) electrons. The van der Waals surface area contributed by atoms with E-state index in [2.05, 4.69) is 15.0 Å². The van der Waals surface area contributed by atoms with Crippen LogP contribution >= 0.6 is 11.3 Å². The van der Waals surface area contributed by atoms with Crippen molar-refractivity contribution in [1.29, 1.82) is 0 Å². The largest absolute Gasteiger partial charge is 0.478 e. The lowest BCUT2D eigenvalue weighted by atomic mass is 10.2. The van der Waals surface area contributed by atoms with Gasteiger partial charge in [-0.1, -0.05) is 0 Å². The maximum Gasteiger partial charge on any atom is 0.338 e. The zero-order valence-corrected chi connectivity index (χ0v) is 9.89. The monoisotopic (exact) mass is 257 g/mol. The second-order valence-electron chi connectivity index (χ2n) is 3.63. The van der Waals surface area contributed by atoms with Crippen molar-refractivity contribution >= 4 is 27.5 Å². The summed E-state index contributed by atoms with van der Waals surface area (Å²) in [5.41, 5.74) is 1.79. The minimum atomic E-state index is -1.03. The second-order valence-corrected chi connectivity index (χ2v) is 4.58. The number of pyridine rings is 1. The van der Waals surface area contributed by atoms with Crippen molar-refractivity contribution in [2.45, 2.75) is 0 Å². The van der Waals surface area contributed by atoms with Gasteiger partial charge in [-0.25, -0.2) is 14.8 Å². The lowest BCUT2D eigenvalue weighted by molar-refractivity contribution is 0.0696. The molecule has 0 aliphatic rings. The molecule has 0 aromatic carbocycles. The van der Waals surface area contributed by atoms with E-state index in [1.807, 2.05) is 17.5 Å². The van der Waals surface area contributed by atoms with Crippen molar-refractivity contribution < 1.29 is 9.90 Å². The van der Waals surface area contributed by atoms with Crippen LogP contribution in [0.2, 0.25) is 0 Å². The van der Waals surface area contributed by atoms with Crippen LogP contribution in [0.1, 0.15) is 10.4 Å². The van der Waals surface area contributed by atoms with Gasteiger partial charge in [-0.2, -0.15) is 0 Å². The first kappa shape index (κ1) is 10.8. The number of fused-ring (bicyclic) bond motifs is 1. The third kappa shape index (κ3) is 1.82. The van der Waals surface area contributed by atoms with E-state index in [1.54, 1.807) is 17.5 Å². The van der Waals surface area contributed by atoms with Crippen molar-refractivity contribution in [3.05, 3.63) is 41.7 Å². The quantitative estimate of drug-likeness (QED) is 0.763. The molecule has 5 nitrogen and oxygen atoms in total. The number of aromatic carboxylic acids is 1. The highest BCUT2D eigenvalue weighted by molar-refractivity contribution is 7.17. The number of carbonyl (C=O) groups is 1. The molecule has 3 aromatic rings.